The van der Waals surface area contributed by atoms with E-state index in [1.165, 1.54) is 14.0 Å². The summed E-state index contributed by atoms with van der Waals surface area (Å²) in [5, 5.41) is 5.85. The van der Waals surface area contributed by atoms with Gasteiger partial charge in [-0.15, -0.1) is 0 Å². The number of rotatable bonds is 2. The van der Waals surface area contributed by atoms with Crippen molar-refractivity contribution in [2.75, 3.05) is 20.2 Å². The van der Waals surface area contributed by atoms with Gasteiger partial charge in [0.25, 0.3) is 5.91 Å². The first-order valence-electron chi connectivity index (χ1n) is 5.96. The molecule has 2 aliphatic rings. The summed E-state index contributed by atoms with van der Waals surface area (Å²) in [5.41, 5.74) is -0.843. The summed E-state index contributed by atoms with van der Waals surface area (Å²) in [6, 6.07) is -1.41. The van der Waals surface area contributed by atoms with Crippen LogP contribution in [0.1, 0.15) is 19.8 Å². The molecule has 0 saturated carbocycles. The third kappa shape index (κ3) is 1.84. The molecule has 2 fully saturated rings. The molecule has 18 heavy (non-hydrogen) atoms. The molecule has 7 nitrogen and oxygen atoms in total. The molecule has 7 heteroatoms. The molecule has 0 aromatic carbocycles. The summed E-state index contributed by atoms with van der Waals surface area (Å²) in [5.74, 6) is -0.920. The van der Waals surface area contributed by atoms with Crippen LogP contribution in [0.15, 0.2) is 0 Å². The minimum absolute atomic E-state index is 0.327. The predicted molar refractivity (Wildman–Crippen MR) is 61.7 cm³/mol. The molecular weight excluding hydrogens is 238 g/mol. The Bertz CT molecular complexity index is 390. The normalized spacial score (nSPS) is 24.0. The number of hydrogen-bond acceptors (Lipinski definition) is 5. The molecule has 2 heterocycles. The number of esters is 1. The smallest absolute Gasteiger partial charge is 0.328 e. The van der Waals surface area contributed by atoms with Crippen molar-refractivity contribution in [1.29, 1.82) is 0 Å². The average Bonchev–Trinajstić information content (AvgIpc) is 2.60. The average molecular weight is 255 g/mol. The van der Waals surface area contributed by atoms with Crippen molar-refractivity contribution in [3.8, 4) is 0 Å². The number of hydrogen-bond donors (Lipinski definition) is 2. The molecule has 0 bridgehead atoms. The molecule has 1 unspecified atom stereocenters. The Labute approximate surface area is 105 Å². The van der Waals surface area contributed by atoms with Gasteiger partial charge in [-0.2, -0.15) is 0 Å². The van der Waals surface area contributed by atoms with Gasteiger partial charge in [0.05, 0.1) is 7.11 Å². The molecule has 2 N–H and O–H groups in total. The van der Waals surface area contributed by atoms with Crippen molar-refractivity contribution in [3.05, 3.63) is 0 Å². The number of amides is 3. The molecular formula is C11H17N3O4. The van der Waals surface area contributed by atoms with Gasteiger partial charge in [0.15, 0.2) is 0 Å². The maximum Gasteiger partial charge on any atom is 0.328 e. The summed E-state index contributed by atoms with van der Waals surface area (Å²) in [7, 11) is 1.23. The maximum absolute atomic E-state index is 12.4. The van der Waals surface area contributed by atoms with E-state index >= 15 is 0 Å². The molecule has 1 spiro atoms. The highest BCUT2D eigenvalue weighted by atomic mass is 16.5. The van der Waals surface area contributed by atoms with Crippen LogP contribution >= 0.6 is 0 Å². The molecule has 0 aromatic heterocycles. The van der Waals surface area contributed by atoms with Gasteiger partial charge in [-0.25, -0.2) is 14.5 Å². The highest BCUT2D eigenvalue weighted by molar-refractivity contribution is 6.09. The molecule has 2 aliphatic heterocycles. The van der Waals surface area contributed by atoms with Gasteiger partial charge in [-0.1, -0.05) is 0 Å². The summed E-state index contributed by atoms with van der Waals surface area (Å²) in [4.78, 5) is 36.7. The quantitative estimate of drug-likeness (QED) is 0.499. The molecule has 2 saturated heterocycles. The molecule has 0 aliphatic carbocycles. The van der Waals surface area contributed by atoms with Gasteiger partial charge < -0.3 is 15.4 Å². The van der Waals surface area contributed by atoms with E-state index in [0.29, 0.717) is 25.9 Å². The van der Waals surface area contributed by atoms with Gasteiger partial charge in [-0.3, -0.25) is 4.79 Å². The van der Waals surface area contributed by atoms with E-state index in [1.807, 2.05) is 0 Å². The van der Waals surface area contributed by atoms with Gasteiger partial charge in [0, 0.05) is 0 Å². The lowest BCUT2D eigenvalue weighted by atomic mass is 9.88. The minimum atomic E-state index is -0.892. The van der Waals surface area contributed by atoms with Crippen molar-refractivity contribution < 1.29 is 19.1 Å². The number of imide groups is 1. The van der Waals surface area contributed by atoms with E-state index in [-0.39, 0.29) is 5.91 Å². The number of nitrogens with one attached hydrogen (secondary N) is 2. The van der Waals surface area contributed by atoms with Crippen LogP contribution in [0.3, 0.4) is 0 Å². The van der Waals surface area contributed by atoms with Crippen molar-refractivity contribution in [2.45, 2.75) is 31.3 Å². The fourth-order valence-electron chi connectivity index (χ4n) is 2.46. The maximum atomic E-state index is 12.4. The molecule has 0 aromatic rings. The minimum Gasteiger partial charge on any atom is -0.467 e. The number of carbonyl (C=O) groups excluding carboxylic acids is 3. The van der Waals surface area contributed by atoms with Crippen LogP contribution in [0.2, 0.25) is 0 Å². The van der Waals surface area contributed by atoms with Crippen molar-refractivity contribution in [1.82, 2.24) is 15.5 Å². The van der Waals surface area contributed by atoms with E-state index in [4.69, 9.17) is 0 Å². The molecule has 1 atom stereocenters. The van der Waals surface area contributed by atoms with Crippen LogP contribution in [0.4, 0.5) is 4.79 Å². The van der Waals surface area contributed by atoms with Crippen molar-refractivity contribution in [3.63, 3.8) is 0 Å². The lowest BCUT2D eigenvalue weighted by Crippen LogP contribution is -2.54. The van der Waals surface area contributed by atoms with Crippen molar-refractivity contribution in [2.24, 2.45) is 0 Å². The number of ether oxygens (including phenoxy) is 1. The monoisotopic (exact) mass is 255 g/mol. The number of urea groups is 1. The molecule has 100 valence electrons. The highest BCUT2D eigenvalue weighted by Crippen LogP contribution is 2.28. The van der Waals surface area contributed by atoms with Crippen molar-refractivity contribution >= 4 is 17.9 Å². The molecule has 2 rings (SSSR count). The SMILES string of the molecule is COC(=O)C(C)N1C(=O)NC2(CCNCC2)C1=O. The van der Waals surface area contributed by atoms with Crippen LogP contribution in [-0.2, 0) is 14.3 Å². The topological polar surface area (TPSA) is 87.7 Å². The third-order valence-electron chi connectivity index (χ3n) is 3.58. The summed E-state index contributed by atoms with van der Waals surface area (Å²) in [6.07, 6.45) is 1.09. The third-order valence-corrected chi connectivity index (χ3v) is 3.58. The van der Waals surface area contributed by atoms with Gasteiger partial charge in [0.1, 0.15) is 11.6 Å². The van der Waals surface area contributed by atoms with Crippen LogP contribution in [-0.4, -0.2) is 54.6 Å². The Morgan fingerprint density at radius 2 is 2.00 bits per heavy atom. The predicted octanol–water partition coefficient (Wildman–Crippen LogP) is -0.778. The van der Waals surface area contributed by atoms with E-state index in [1.54, 1.807) is 0 Å². The second kappa shape index (κ2) is 4.56. The van der Waals surface area contributed by atoms with Gasteiger partial charge in [-0.05, 0) is 32.9 Å². The lowest BCUT2D eigenvalue weighted by molar-refractivity contribution is -0.150. The summed E-state index contributed by atoms with van der Waals surface area (Å²) >= 11 is 0. The van der Waals surface area contributed by atoms with Gasteiger partial charge >= 0.3 is 12.0 Å². The first-order chi connectivity index (χ1) is 8.52. The zero-order chi connectivity index (χ0) is 13.3. The summed E-state index contributed by atoms with van der Waals surface area (Å²) < 4.78 is 4.57. The second-order valence-corrected chi connectivity index (χ2v) is 4.64. The Balaban J connectivity index is 2.21. The fourth-order valence-corrected chi connectivity index (χ4v) is 2.46. The van der Waals surface area contributed by atoms with E-state index < -0.39 is 23.6 Å². The lowest BCUT2D eigenvalue weighted by Gasteiger charge is -2.31. The first kappa shape index (κ1) is 12.8. The number of nitrogens with zero attached hydrogens (tertiary/aromatic N) is 1. The number of piperidine rings is 1. The Kier molecular flexibility index (Phi) is 3.25. The highest BCUT2D eigenvalue weighted by Gasteiger charge is 2.53. The first-order valence-corrected chi connectivity index (χ1v) is 5.96. The zero-order valence-corrected chi connectivity index (χ0v) is 10.5. The van der Waals surface area contributed by atoms with E-state index in [0.717, 1.165) is 4.90 Å². The summed E-state index contributed by atoms with van der Waals surface area (Å²) in [6.45, 7) is 2.84. The van der Waals surface area contributed by atoms with Crippen LogP contribution < -0.4 is 10.6 Å². The van der Waals surface area contributed by atoms with E-state index in [2.05, 4.69) is 15.4 Å². The molecule has 0 radical (unpaired) electrons. The van der Waals surface area contributed by atoms with Crippen LogP contribution in [0.25, 0.3) is 0 Å². The number of carbonyl (C=O) groups is 3. The number of methoxy groups -OCH3 is 1. The molecule has 3 amide bonds. The van der Waals surface area contributed by atoms with Crippen LogP contribution in [0.5, 0.6) is 0 Å². The fraction of sp³-hybridized carbons (Fsp3) is 0.727. The van der Waals surface area contributed by atoms with Gasteiger partial charge in [0.2, 0.25) is 0 Å². The van der Waals surface area contributed by atoms with E-state index in [9.17, 15) is 14.4 Å². The largest absolute Gasteiger partial charge is 0.467 e. The Morgan fingerprint density at radius 3 is 2.56 bits per heavy atom. The second-order valence-electron chi connectivity index (χ2n) is 4.64. The standard InChI is InChI=1S/C11H17N3O4/c1-7(8(15)18-2)14-9(16)11(13-10(14)17)3-5-12-6-4-11/h7,12H,3-6H2,1-2H3,(H,13,17). The Hall–Kier alpha value is -1.63. The van der Waals surface area contributed by atoms with Crippen LogP contribution in [0, 0.1) is 0 Å². The zero-order valence-electron chi connectivity index (χ0n) is 10.5. The Morgan fingerprint density at radius 1 is 1.39 bits per heavy atom.